The van der Waals surface area contributed by atoms with Gasteiger partial charge in [0.15, 0.2) is 0 Å². The van der Waals surface area contributed by atoms with Gasteiger partial charge in [-0.1, -0.05) is 12.0 Å². The maximum absolute atomic E-state index is 10.6. The number of carbonyl (C=O) groups is 1. The highest BCUT2D eigenvalue weighted by Crippen LogP contribution is 2.13. The number of thiophene rings is 1. The molecule has 0 spiro atoms. The van der Waals surface area contributed by atoms with E-state index in [4.69, 9.17) is 9.84 Å². The van der Waals surface area contributed by atoms with E-state index in [1.54, 1.807) is 11.3 Å². The van der Waals surface area contributed by atoms with E-state index in [2.05, 4.69) is 16.8 Å². The Balaban J connectivity index is 1.95. The minimum atomic E-state index is -1.00. The lowest BCUT2D eigenvalue weighted by atomic mass is 10.3. The zero-order valence-electron chi connectivity index (χ0n) is 11.5. The molecule has 3 aromatic rings. The Hall–Kier alpha value is -2.62. The van der Waals surface area contributed by atoms with Gasteiger partial charge in [-0.15, -0.1) is 0 Å². The van der Waals surface area contributed by atoms with Crippen LogP contribution < -0.4 is 0 Å². The highest BCUT2D eigenvalue weighted by molar-refractivity contribution is 7.08. The second-order valence-corrected chi connectivity index (χ2v) is 5.26. The van der Waals surface area contributed by atoms with Crippen molar-refractivity contribution >= 4 is 23.0 Å². The van der Waals surface area contributed by atoms with Crippen LogP contribution in [-0.2, 0) is 16.1 Å². The second kappa shape index (κ2) is 6.43. The summed E-state index contributed by atoms with van der Waals surface area (Å²) < 4.78 is 7.02. The molecule has 0 aliphatic rings. The zero-order valence-corrected chi connectivity index (χ0v) is 12.3. The maximum Gasteiger partial charge on any atom is 0.329 e. The standard InChI is InChI=1S/C16H12N2O3S/c19-16(20)10-21-9-13-14(5-4-12-6-8-22-11-12)18-7-2-1-3-15(18)17-13/h1-3,6-8,11H,9-10H2,(H,19,20). The molecule has 3 heterocycles. The molecule has 0 aliphatic carbocycles. The lowest BCUT2D eigenvalue weighted by molar-refractivity contribution is -0.142. The van der Waals surface area contributed by atoms with Gasteiger partial charge in [-0.05, 0) is 29.5 Å². The molecule has 5 nitrogen and oxygen atoms in total. The van der Waals surface area contributed by atoms with Crippen molar-refractivity contribution in [2.75, 3.05) is 6.61 Å². The molecular formula is C16H12N2O3S. The van der Waals surface area contributed by atoms with Gasteiger partial charge in [-0.2, -0.15) is 11.3 Å². The van der Waals surface area contributed by atoms with Crippen LogP contribution in [0.5, 0.6) is 0 Å². The second-order valence-electron chi connectivity index (χ2n) is 4.48. The van der Waals surface area contributed by atoms with E-state index in [0.29, 0.717) is 11.4 Å². The van der Waals surface area contributed by atoms with Crippen molar-refractivity contribution < 1.29 is 14.6 Å². The summed E-state index contributed by atoms with van der Waals surface area (Å²) in [6.07, 6.45) is 1.88. The molecule has 0 aliphatic heterocycles. The first-order chi connectivity index (χ1) is 10.7. The third kappa shape index (κ3) is 3.17. The van der Waals surface area contributed by atoms with Gasteiger partial charge in [-0.3, -0.25) is 4.40 Å². The van der Waals surface area contributed by atoms with Crippen molar-refractivity contribution in [2.45, 2.75) is 6.61 Å². The van der Waals surface area contributed by atoms with E-state index in [0.717, 1.165) is 11.2 Å². The van der Waals surface area contributed by atoms with Gasteiger partial charge < -0.3 is 9.84 Å². The summed E-state index contributed by atoms with van der Waals surface area (Å²) in [5, 5.41) is 12.6. The molecule has 0 saturated carbocycles. The smallest absolute Gasteiger partial charge is 0.329 e. The molecule has 110 valence electrons. The number of aromatic nitrogens is 2. The van der Waals surface area contributed by atoms with Gasteiger partial charge in [0.1, 0.15) is 23.6 Å². The predicted molar refractivity (Wildman–Crippen MR) is 82.8 cm³/mol. The molecule has 0 radical (unpaired) electrons. The van der Waals surface area contributed by atoms with Crippen LogP contribution in [0, 0.1) is 11.8 Å². The van der Waals surface area contributed by atoms with E-state index in [1.807, 2.05) is 45.6 Å². The Bertz CT molecular complexity index is 857. The van der Waals surface area contributed by atoms with Crippen molar-refractivity contribution in [2.24, 2.45) is 0 Å². The van der Waals surface area contributed by atoms with Gasteiger partial charge in [0, 0.05) is 17.1 Å². The van der Waals surface area contributed by atoms with E-state index in [1.165, 1.54) is 0 Å². The van der Waals surface area contributed by atoms with Crippen LogP contribution >= 0.6 is 11.3 Å². The van der Waals surface area contributed by atoms with Crippen LogP contribution in [0.4, 0.5) is 0 Å². The largest absolute Gasteiger partial charge is 0.480 e. The van der Waals surface area contributed by atoms with Gasteiger partial charge in [0.2, 0.25) is 0 Å². The summed E-state index contributed by atoms with van der Waals surface area (Å²) in [6, 6.07) is 7.60. The fraction of sp³-hybridized carbons (Fsp3) is 0.125. The molecule has 22 heavy (non-hydrogen) atoms. The fourth-order valence-electron chi connectivity index (χ4n) is 1.98. The molecule has 6 heteroatoms. The number of hydrogen-bond donors (Lipinski definition) is 1. The Morgan fingerprint density at radius 3 is 3.05 bits per heavy atom. The Morgan fingerprint density at radius 1 is 1.36 bits per heavy atom. The summed E-state index contributed by atoms with van der Waals surface area (Å²) in [5.74, 6) is 5.19. The first kappa shape index (κ1) is 14.3. The number of hydrogen-bond acceptors (Lipinski definition) is 4. The number of nitrogens with zero attached hydrogens (tertiary/aromatic N) is 2. The van der Waals surface area contributed by atoms with Crippen LogP contribution in [0.3, 0.4) is 0 Å². The van der Waals surface area contributed by atoms with Crippen LogP contribution in [0.1, 0.15) is 17.0 Å². The van der Waals surface area contributed by atoms with Gasteiger partial charge in [0.25, 0.3) is 0 Å². The number of carboxylic acid groups (broad SMARTS) is 1. The van der Waals surface area contributed by atoms with Crippen LogP contribution in [0.25, 0.3) is 5.65 Å². The van der Waals surface area contributed by atoms with E-state index >= 15 is 0 Å². The van der Waals surface area contributed by atoms with Gasteiger partial charge in [0.05, 0.1) is 6.61 Å². The SMILES string of the molecule is O=C(O)COCc1nc2ccccn2c1C#Cc1ccsc1. The molecule has 0 saturated heterocycles. The van der Waals surface area contributed by atoms with Gasteiger partial charge >= 0.3 is 5.97 Å². The van der Waals surface area contributed by atoms with E-state index < -0.39 is 5.97 Å². The first-order valence-corrected chi connectivity index (χ1v) is 7.48. The average Bonchev–Trinajstić information content (AvgIpc) is 3.12. The van der Waals surface area contributed by atoms with Crippen molar-refractivity contribution in [3.63, 3.8) is 0 Å². The molecular weight excluding hydrogens is 300 g/mol. The summed E-state index contributed by atoms with van der Waals surface area (Å²) in [5.41, 5.74) is 3.04. The number of carboxylic acids is 1. The van der Waals surface area contributed by atoms with Crippen LogP contribution in [-0.4, -0.2) is 27.1 Å². The Kier molecular flexibility index (Phi) is 4.19. The maximum atomic E-state index is 10.6. The number of imidazole rings is 1. The number of aliphatic carboxylic acids is 1. The van der Waals surface area contributed by atoms with Crippen molar-refractivity contribution in [3.8, 4) is 11.8 Å². The highest BCUT2D eigenvalue weighted by atomic mass is 32.1. The quantitative estimate of drug-likeness (QED) is 0.751. The minimum absolute atomic E-state index is 0.113. The zero-order chi connectivity index (χ0) is 15.4. The normalized spacial score (nSPS) is 10.4. The molecule has 0 amide bonds. The summed E-state index contributed by atoms with van der Waals surface area (Å²) in [6.45, 7) is -0.243. The third-order valence-corrected chi connectivity index (χ3v) is 3.60. The third-order valence-electron chi connectivity index (χ3n) is 2.91. The Morgan fingerprint density at radius 2 is 2.27 bits per heavy atom. The molecule has 0 bridgehead atoms. The average molecular weight is 312 g/mol. The highest BCUT2D eigenvalue weighted by Gasteiger charge is 2.10. The lowest BCUT2D eigenvalue weighted by Gasteiger charge is -1.99. The van der Waals surface area contributed by atoms with E-state index in [-0.39, 0.29) is 13.2 Å². The Labute approximate surface area is 130 Å². The molecule has 3 rings (SSSR count). The van der Waals surface area contributed by atoms with Crippen LogP contribution in [0.2, 0.25) is 0 Å². The number of ether oxygens (including phenoxy) is 1. The van der Waals surface area contributed by atoms with Crippen molar-refractivity contribution in [3.05, 3.63) is 58.2 Å². The minimum Gasteiger partial charge on any atom is -0.480 e. The number of pyridine rings is 1. The number of rotatable bonds is 4. The summed E-state index contributed by atoms with van der Waals surface area (Å²) in [4.78, 5) is 15.0. The molecule has 3 aromatic heterocycles. The summed E-state index contributed by atoms with van der Waals surface area (Å²) in [7, 11) is 0. The van der Waals surface area contributed by atoms with E-state index in [9.17, 15) is 4.79 Å². The topological polar surface area (TPSA) is 63.8 Å². The van der Waals surface area contributed by atoms with Crippen molar-refractivity contribution in [1.29, 1.82) is 0 Å². The lowest BCUT2D eigenvalue weighted by Crippen LogP contribution is -2.07. The van der Waals surface area contributed by atoms with Gasteiger partial charge in [-0.25, -0.2) is 9.78 Å². The van der Waals surface area contributed by atoms with Crippen LogP contribution in [0.15, 0.2) is 41.2 Å². The monoisotopic (exact) mass is 312 g/mol. The first-order valence-electron chi connectivity index (χ1n) is 6.54. The molecule has 1 N–H and O–H groups in total. The van der Waals surface area contributed by atoms with Crippen molar-refractivity contribution in [1.82, 2.24) is 9.38 Å². The number of fused-ring (bicyclic) bond motifs is 1. The predicted octanol–water partition coefficient (Wildman–Crippen LogP) is 2.40. The summed E-state index contributed by atoms with van der Waals surface area (Å²) >= 11 is 1.59. The fourth-order valence-corrected chi connectivity index (χ4v) is 2.57. The molecule has 0 aromatic carbocycles. The molecule has 0 fully saturated rings. The molecule has 0 atom stereocenters. The molecule has 0 unspecified atom stereocenters.